The number of halogens is 1. The van der Waals surface area contributed by atoms with Gasteiger partial charge in [-0.3, -0.25) is 4.90 Å². The monoisotopic (exact) mass is 318 g/mol. The molecule has 0 saturated carbocycles. The number of benzene rings is 1. The lowest BCUT2D eigenvalue weighted by molar-refractivity contribution is 0.115. The Kier molecular flexibility index (Phi) is 4.43. The lowest BCUT2D eigenvalue weighted by Gasteiger charge is -2.37. The van der Waals surface area contributed by atoms with Crippen molar-refractivity contribution in [2.75, 3.05) is 32.7 Å². The number of fused-ring (bicyclic) bond motifs is 1. The van der Waals surface area contributed by atoms with E-state index in [9.17, 15) is 0 Å². The highest BCUT2D eigenvalue weighted by Crippen LogP contribution is 2.40. The molecule has 0 N–H and O–H groups in total. The van der Waals surface area contributed by atoms with Crippen LogP contribution in [0.1, 0.15) is 49.3 Å². The molecule has 0 radical (unpaired) electrons. The summed E-state index contributed by atoms with van der Waals surface area (Å²) in [5.74, 6) is 0.926. The highest BCUT2D eigenvalue weighted by Gasteiger charge is 2.32. The maximum absolute atomic E-state index is 6.37. The van der Waals surface area contributed by atoms with E-state index in [1.165, 1.54) is 76.0 Å². The van der Waals surface area contributed by atoms with Crippen molar-refractivity contribution in [3.63, 3.8) is 0 Å². The Balaban J connectivity index is 1.36. The number of rotatable bonds is 3. The number of hydrogen-bond donors (Lipinski definition) is 0. The van der Waals surface area contributed by atoms with E-state index in [0.29, 0.717) is 6.04 Å². The first-order chi connectivity index (χ1) is 10.8. The van der Waals surface area contributed by atoms with Gasteiger partial charge < -0.3 is 4.90 Å². The van der Waals surface area contributed by atoms with E-state index in [1.54, 1.807) is 0 Å². The second-order valence-electron chi connectivity index (χ2n) is 7.35. The maximum Gasteiger partial charge on any atom is 0.0441 e. The van der Waals surface area contributed by atoms with E-state index in [-0.39, 0.29) is 0 Å². The standard InChI is InChI=1S/C19H27ClN2/c20-18-5-3-4-17-16(18)6-7-19(17)22-12-8-15(9-13-22)14-21-10-1-2-11-21/h3-5,15,19H,1-2,6-14H2/t19-/m1/s1. The molecule has 3 heteroatoms. The highest BCUT2D eigenvalue weighted by atomic mass is 35.5. The third-order valence-corrected chi connectivity index (χ3v) is 6.34. The van der Waals surface area contributed by atoms with Gasteiger partial charge in [0.15, 0.2) is 0 Å². The zero-order valence-corrected chi connectivity index (χ0v) is 14.2. The molecule has 0 unspecified atom stereocenters. The van der Waals surface area contributed by atoms with Crippen molar-refractivity contribution in [1.82, 2.24) is 9.80 Å². The van der Waals surface area contributed by atoms with Crippen LogP contribution in [0, 0.1) is 5.92 Å². The molecule has 2 fully saturated rings. The lowest BCUT2D eigenvalue weighted by atomic mass is 9.94. The van der Waals surface area contributed by atoms with Crippen molar-refractivity contribution in [2.45, 2.75) is 44.6 Å². The molecule has 1 aromatic rings. The average molecular weight is 319 g/mol. The van der Waals surface area contributed by atoms with Gasteiger partial charge in [0.25, 0.3) is 0 Å². The van der Waals surface area contributed by atoms with Crippen LogP contribution in [0.25, 0.3) is 0 Å². The first-order valence-electron chi connectivity index (χ1n) is 9.05. The Hall–Kier alpha value is -0.570. The van der Waals surface area contributed by atoms with Gasteiger partial charge in [-0.1, -0.05) is 23.7 Å². The molecule has 120 valence electrons. The van der Waals surface area contributed by atoms with Crippen molar-refractivity contribution >= 4 is 11.6 Å². The van der Waals surface area contributed by atoms with Crippen LogP contribution < -0.4 is 0 Å². The molecule has 4 rings (SSSR count). The van der Waals surface area contributed by atoms with Crippen molar-refractivity contribution in [3.8, 4) is 0 Å². The van der Waals surface area contributed by atoms with Gasteiger partial charge >= 0.3 is 0 Å². The molecule has 0 bridgehead atoms. The van der Waals surface area contributed by atoms with E-state index in [4.69, 9.17) is 11.6 Å². The normalized spacial score (nSPS) is 27.4. The first-order valence-corrected chi connectivity index (χ1v) is 9.43. The van der Waals surface area contributed by atoms with Crippen molar-refractivity contribution < 1.29 is 0 Å². The molecule has 2 aliphatic heterocycles. The molecule has 2 nitrogen and oxygen atoms in total. The Morgan fingerprint density at radius 2 is 1.77 bits per heavy atom. The summed E-state index contributed by atoms with van der Waals surface area (Å²) in [4.78, 5) is 5.41. The summed E-state index contributed by atoms with van der Waals surface area (Å²) < 4.78 is 0. The van der Waals surface area contributed by atoms with Gasteiger partial charge in [0, 0.05) is 17.6 Å². The molecule has 2 saturated heterocycles. The van der Waals surface area contributed by atoms with Gasteiger partial charge in [0.1, 0.15) is 0 Å². The van der Waals surface area contributed by atoms with E-state index in [0.717, 1.165) is 17.4 Å². The number of likely N-dealkylation sites (tertiary alicyclic amines) is 2. The van der Waals surface area contributed by atoms with E-state index in [1.807, 2.05) is 6.07 Å². The number of hydrogen-bond acceptors (Lipinski definition) is 2. The third-order valence-electron chi connectivity index (χ3n) is 5.99. The fourth-order valence-corrected chi connectivity index (χ4v) is 5.02. The number of piperidine rings is 1. The first kappa shape index (κ1) is 15.0. The molecular weight excluding hydrogens is 292 g/mol. The molecule has 0 spiro atoms. The summed E-state index contributed by atoms with van der Waals surface area (Å²) in [6.45, 7) is 6.58. The molecule has 22 heavy (non-hydrogen) atoms. The average Bonchev–Trinajstić information content (AvgIpc) is 3.18. The predicted molar refractivity (Wildman–Crippen MR) is 92.5 cm³/mol. The summed E-state index contributed by atoms with van der Waals surface area (Å²) in [6.07, 6.45) is 8.01. The van der Waals surface area contributed by atoms with Crippen LogP contribution in [0.15, 0.2) is 18.2 Å². The smallest absolute Gasteiger partial charge is 0.0441 e. The summed E-state index contributed by atoms with van der Waals surface area (Å²) in [5.41, 5.74) is 2.92. The predicted octanol–water partition coefficient (Wildman–Crippen LogP) is 4.14. The minimum absolute atomic E-state index is 0.626. The molecule has 3 aliphatic rings. The van der Waals surface area contributed by atoms with Crippen molar-refractivity contribution in [1.29, 1.82) is 0 Å². The number of nitrogens with zero attached hydrogens (tertiary/aromatic N) is 2. The quantitative estimate of drug-likeness (QED) is 0.826. The maximum atomic E-state index is 6.37. The summed E-state index contributed by atoms with van der Waals surface area (Å²) >= 11 is 6.37. The molecule has 1 aliphatic carbocycles. The van der Waals surface area contributed by atoms with Gasteiger partial charge in [-0.05, 0) is 87.8 Å². The minimum Gasteiger partial charge on any atom is -0.303 e. The molecule has 1 atom stereocenters. The Labute approximate surface area is 139 Å². The molecular formula is C19H27ClN2. The third kappa shape index (κ3) is 2.93. The van der Waals surface area contributed by atoms with Crippen LogP contribution >= 0.6 is 11.6 Å². The van der Waals surface area contributed by atoms with Gasteiger partial charge in [-0.25, -0.2) is 0 Å². The van der Waals surface area contributed by atoms with Crippen molar-refractivity contribution in [2.24, 2.45) is 5.92 Å². The van der Waals surface area contributed by atoms with Gasteiger partial charge in [0.05, 0.1) is 0 Å². The molecule has 0 aromatic heterocycles. The largest absolute Gasteiger partial charge is 0.303 e. The Morgan fingerprint density at radius 1 is 1.00 bits per heavy atom. The van der Waals surface area contributed by atoms with E-state index < -0.39 is 0 Å². The second kappa shape index (κ2) is 6.51. The van der Waals surface area contributed by atoms with Gasteiger partial charge in [-0.2, -0.15) is 0 Å². The van der Waals surface area contributed by atoms with E-state index in [2.05, 4.69) is 21.9 Å². The van der Waals surface area contributed by atoms with Gasteiger partial charge in [-0.15, -0.1) is 0 Å². The van der Waals surface area contributed by atoms with Crippen molar-refractivity contribution in [3.05, 3.63) is 34.3 Å². The Bertz CT molecular complexity index is 516. The van der Waals surface area contributed by atoms with Crippen LogP contribution in [0.3, 0.4) is 0 Å². The lowest BCUT2D eigenvalue weighted by Crippen LogP contribution is -2.39. The molecule has 0 amide bonds. The summed E-state index contributed by atoms with van der Waals surface area (Å²) in [7, 11) is 0. The van der Waals surface area contributed by atoms with Crippen LogP contribution in [0.2, 0.25) is 5.02 Å². The molecule has 2 heterocycles. The fourth-order valence-electron chi connectivity index (χ4n) is 4.74. The summed E-state index contributed by atoms with van der Waals surface area (Å²) in [6, 6.07) is 7.10. The van der Waals surface area contributed by atoms with Crippen LogP contribution in [0.4, 0.5) is 0 Å². The minimum atomic E-state index is 0.626. The topological polar surface area (TPSA) is 6.48 Å². The molecule has 1 aromatic carbocycles. The fraction of sp³-hybridized carbons (Fsp3) is 0.684. The van der Waals surface area contributed by atoms with Crippen LogP contribution in [-0.4, -0.2) is 42.5 Å². The van der Waals surface area contributed by atoms with E-state index >= 15 is 0 Å². The zero-order chi connectivity index (χ0) is 14.9. The highest BCUT2D eigenvalue weighted by molar-refractivity contribution is 6.31. The van der Waals surface area contributed by atoms with Crippen LogP contribution in [0.5, 0.6) is 0 Å². The van der Waals surface area contributed by atoms with Gasteiger partial charge in [0.2, 0.25) is 0 Å². The SMILES string of the molecule is Clc1cccc2c1CC[C@H]2N1CCC(CN2CCCC2)CC1. The van der Waals surface area contributed by atoms with Crippen LogP contribution in [-0.2, 0) is 6.42 Å². The zero-order valence-electron chi connectivity index (χ0n) is 13.4. The Morgan fingerprint density at radius 3 is 2.55 bits per heavy atom. The second-order valence-corrected chi connectivity index (χ2v) is 7.76. The summed E-state index contributed by atoms with van der Waals surface area (Å²) in [5, 5.41) is 0.976.